The number of aromatic nitrogens is 2. The fraction of sp³-hybridized carbons (Fsp3) is 0.600. The third-order valence-electron chi connectivity index (χ3n) is 1.95. The first kappa shape index (κ1) is 12.2. The minimum absolute atomic E-state index is 0.197. The Labute approximate surface area is 93.8 Å². The third kappa shape index (κ3) is 2.58. The number of halogens is 1. The monoisotopic (exact) mass is 230 g/mol. The van der Waals surface area contributed by atoms with Crippen molar-refractivity contribution >= 4 is 11.6 Å². The average Bonchev–Trinajstić information content (AvgIpc) is 2.09. The van der Waals surface area contributed by atoms with E-state index in [1.165, 1.54) is 18.0 Å². The first-order valence-corrected chi connectivity index (χ1v) is 5.02. The fourth-order valence-electron chi connectivity index (χ4n) is 1.22. The molecule has 1 heterocycles. The van der Waals surface area contributed by atoms with Gasteiger partial charge in [0.1, 0.15) is 0 Å². The van der Waals surface area contributed by atoms with Crippen LogP contribution < -0.4 is 5.56 Å². The predicted molar refractivity (Wildman–Crippen MR) is 59.2 cm³/mol. The molecular weight excluding hydrogens is 216 g/mol. The summed E-state index contributed by atoms with van der Waals surface area (Å²) in [7, 11) is 1.53. The molecule has 1 aromatic heterocycles. The van der Waals surface area contributed by atoms with Crippen LogP contribution in [0.2, 0.25) is 5.02 Å². The summed E-state index contributed by atoms with van der Waals surface area (Å²) in [6.45, 7) is 5.93. The van der Waals surface area contributed by atoms with Crippen LogP contribution in [0.15, 0.2) is 11.0 Å². The van der Waals surface area contributed by atoms with Gasteiger partial charge in [0.2, 0.25) is 0 Å². The molecule has 0 spiro atoms. The van der Waals surface area contributed by atoms with Crippen molar-refractivity contribution in [3.63, 3.8) is 0 Å². The molecule has 4 nitrogen and oxygen atoms in total. The molecule has 0 bridgehead atoms. The maximum atomic E-state index is 12.0. The molecule has 0 saturated heterocycles. The first-order chi connectivity index (χ1) is 6.88. The molecule has 0 atom stereocenters. The Morgan fingerprint density at radius 2 is 2.13 bits per heavy atom. The van der Waals surface area contributed by atoms with Gasteiger partial charge < -0.3 is 4.74 Å². The van der Waals surface area contributed by atoms with E-state index in [1.807, 2.05) is 20.8 Å². The van der Waals surface area contributed by atoms with Gasteiger partial charge in [0, 0.05) is 7.11 Å². The van der Waals surface area contributed by atoms with Gasteiger partial charge in [-0.2, -0.15) is 5.10 Å². The predicted octanol–water partition coefficient (Wildman–Crippen LogP) is 1.80. The molecule has 0 aliphatic heterocycles. The molecule has 0 amide bonds. The number of nitrogens with zero attached hydrogens (tertiary/aromatic N) is 2. The highest BCUT2D eigenvalue weighted by Gasteiger charge is 2.19. The van der Waals surface area contributed by atoms with Gasteiger partial charge in [-0.1, -0.05) is 11.6 Å². The summed E-state index contributed by atoms with van der Waals surface area (Å²) in [4.78, 5) is 12.0. The molecular formula is C10H15ClN2O2. The molecule has 0 radical (unpaired) electrons. The van der Waals surface area contributed by atoms with E-state index < -0.39 is 0 Å². The molecule has 0 fully saturated rings. The van der Waals surface area contributed by atoms with Crippen LogP contribution in [0, 0.1) is 0 Å². The molecule has 0 aromatic carbocycles. The number of hydrogen-bond acceptors (Lipinski definition) is 3. The zero-order valence-corrected chi connectivity index (χ0v) is 10.1. The summed E-state index contributed by atoms with van der Waals surface area (Å²) >= 11 is 5.87. The Morgan fingerprint density at radius 1 is 1.53 bits per heavy atom. The van der Waals surface area contributed by atoms with Gasteiger partial charge in [-0.25, -0.2) is 4.68 Å². The van der Waals surface area contributed by atoms with Crippen molar-refractivity contribution in [2.75, 3.05) is 7.11 Å². The lowest BCUT2D eigenvalue weighted by Gasteiger charge is -2.21. The maximum Gasteiger partial charge on any atom is 0.274 e. The standard InChI is InChI=1S/C10H15ClN2O2/c1-10(2,3)13-9(14)7(6-15-4)8(11)5-12-13/h5H,6H2,1-4H3. The van der Waals surface area contributed by atoms with Crippen molar-refractivity contribution < 1.29 is 4.74 Å². The lowest BCUT2D eigenvalue weighted by molar-refractivity contribution is 0.181. The van der Waals surface area contributed by atoms with Gasteiger partial charge in [0.05, 0.1) is 28.9 Å². The van der Waals surface area contributed by atoms with Crippen molar-refractivity contribution in [2.45, 2.75) is 32.9 Å². The Balaban J connectivity index is 3.36. The van der Waals surface area contributed by atoms with Crippen molar-refractivity contribution in [1.82, 2.24) is 9.78 Å². The van der Waals surface area contributed by atoms with Crippen molar-refractivity contribution in [3.05, 3.63) is 27.1 Å². The molecule has 0 aliphatic carbocycles. The van der Waals surface area contributed by atoms with E-state index in [9.17, 15) is 4.79 Å². The largest absolute Gasteiger partial charge is 0.380 e. The quantitative estimate of drug-likeness (QED) is 0.778. The minimum atomic E-state index is -0.357. The van der Waals surface area contributed by atoms with E-state index in [2.05, 4.69) is 5.10 Å². The van der Waals surface area contributed by atoms with Gasteiger partial charge in [0.25, 0.3) is 5.56 Å². The SMILES string of the molecule is COCc1c(Cl)cnn(C(C)(C)C)c1=O. The highest BCUT2D eigenvalue weighted by molar-refractivity contribution is 6.31. The van der Waals surface area contributed by atoms with Gasteiger partial charge >= 0.3 is 0 Å². The van der Waals surface area contributed by atoms with Gasteiger partial charge in [-0.3, -0.25) is 4.79 Å². The Kier molecular flexibility index (Phi) is 3.52. The second kappa shape index (κ2) is 4.33. The first-order valence-electron chi connectivity index (χ1n) is 4.64. The minimum Gasteiger partial charge on any atom is -0.380 e. The van der Waals surface area contributed by atoms with Crippen molar-refractivity contribution in [2.24, 2.45) is 0 Å². The number of hydrogen-bond donors (Lipinski definition) is 0. The molecule has 0 unspecified atom stereocenters. The highest BCUT2D eigenvalue weighted by Crippen LogP contribution is 2.14. The van der Waals surface area contributed by atoms with Crippen molar-refractivity contribution in [1.29, 1.82) is 0 Å². The number of rotatable bonds is 2. The molecule has 84 valence electrons. The number of methoxy groups -OCH3 is 1. The van der Waals surface area contributed by atoms with Gasteiger partial charge in [0.15, 0.2) is 0 Å². The highest BCUT2D eigenvalue weighted by atomic mass is 35.5. The molecule has 1 rings (SSSR count). The van der Waals surface area contributed by atoms with Crippen molar-refractivity contribution in [3.8, 4) is 0 Å². The maximum absolute atomic E-state index is 12.0. The second-order valence-corrected chi connectivity index (χ2v) is 4.70. The summed E-state index contributed by atoms with van der Waals surface area (Å²) < 4.78 is 6.34. The Morgan fingerprint density at radius 3 is 2.60 bits per heavy atom. The van der Waals surface area contributed by atoms with Crippen LogP contribution >= 0.6 is 11.6 Å². The van der Waals surface area contributed by atoms with Crippen LogP contribution in [0.5, 0.6) is 0 Å². The van der Waals surface area contributed by atoms with E-state index in [0.717, 1.165) is 0 Å². The summed E-state index contributed by atoms with van der Waals surface area (Å²) in [5.74, 6) is 0. The summed E-state index contributed by atoms with van der Waals surface area (Å²) in [5.41, 5.74) is -0.106. The normalized spacial score (nSPS) is 11.8. The molecule has 15 heavy (non-hydrogen) atoms. The topological polar surface area (TPSA) is 44.1 Å². The van der Waals surface area contributed by atoms with Gasteiger partial charge in [-0.05, 0) is 20.8 Å². The van der Waals surface area contributed by atoms with Crippen LogP contribution in [0.25, 0.3) is 0 Å². The zero-order chi connectivity index (χ0) is 11.6. The summed E-state index contributed by atoms with van der Waals surface area (Å²) in [6.07, 6.45) is 1.47. The van der Waals surface area contributed by atoms with Crippen LogP contribution in [-0.4, -0.2) is 16.9 Å². The van der Waals surface area contributed by atoms with E-state index in [4.69, 9.17) is 16.3 Å². The average molecular weight is 231 g/mol. The van der Waals surface area contributed by atoms with E-state index in [0.29, 0.717) is 10.6 Å². The van der Waals surface area contributed by atoms with E-state index in [1.54, 1.807) is 0 Å². The van der Waals surface area contributed by atoms with Crippen LogP contribution in [0.1, 0.15) is 26.3 Å². The summed E-state index contributed by atoms with van der Waals surface area (Å²) in [5, 5.41) is 4.36. The lowest BCUT2D eigenvalue weighted by Crippen LogP contribution is -2.37. The molecule has 0 aliphatic rings. The van der Waals surface area contributed by atoms with E-state index >= 15 is 0 Å². The van der Waals surface area contributed by atoms with Gasteiger partial charge in [-0.15, -0.1) is 0 Å². The molecule has 1 aromatic rings. The van der Waals surface area contributed by atoms with Crippen LogP contribution in [-0.2, 0) is 16.9 Å². The van der Waals surface area contributed by atoms with E-state index in [-0.39, 0.29) is 17.7 Å². The Hall–Kier alpha value is -0.870. The third-order valence-corrected chi connectivity index (χ3v) is 2.28. The molecule has 0 N–H and O–H groups in total. The second-order valence-electron chi connectivity index (χ2n) is 4.29. The zero-order valence-electron chi connectivity index (χ0n) is 9.37. The molecule has 0 saturated carbocycles. The fourth-order valence-corrected chi connectivity index (χ4v) is 1.40. The lowest BCUT2D eigenvalue weighted by atomic mass is 10.1. The van der Waals surface area contributed by atoms with Crippen LogP contribution in [0.4, 0.5) is 0 Å². The summed E-state index contributed by atoms with van der Waals surface area (Å²) in [6, 6.07) is 0. The number of ether oxygens (including phenoxy) is 1. The molecule has 5 heteroatoms. The Bertz CT molecular complexity index is 407. The van der Waals surface area contributed by atoms with Crippen LogP contribution in [0.3, 0.4) is 0 Å². The smallest absolute Gasteiger partial charge is 0.274 e.